The second-order valence-electron chi connectivity index (χ2n) is 2.32. The number of carbonyl (C=O) groups is 1. The number of amides is 1. The Morgan fingerprint density at radius 3 is 2.70 bits per heavy atom. The zero-order valence-electron chi connectivity index (χ0n) is 6.52. The van der Waals surface area contributed by atoms with Crippen LogP contribution < -0.4 is 11.1 Å². The van der Waals surface area contributed by atoms with Crippen molar-refractivity contribution in [2.45, 2.75) is 26.2 Å². The molecular weight excluding hydrogens is 128 g/mol. The third-order valence-corrected chi connectivity index (χ3v) is 1.20. The first-order chi connectivity index (χ1) is 4.77. The number of nitrogens with two attached hydrogens (primary N) is 1. The molecule has 0 fully saturated rings. The van der Waals surface area contributed by atoms with E-state index in [0.717, 1.165) is 25.9 Å². The Hall–Kier alpha value is -0.570. The molecular formula is C7H16N2O. The average Bonchev–Trinajstić information content (AvgIpc) is 1.87. The van der Waals surface area contributed by atoms with Crippen LogP contribution in [0.5, 0.6) is 0 Å². The molecule has 3 nitrogen and oxygen atoms in total. The van der Waals surface area contributed by atoms with Crippen LogP contribution in [0, 0.1) is 0 Å². The van der Waals surface area contributed by atoms with Crippen molar-refractivity contribution in [3.05, 3.63) is 0 Å². The fourth-order valence-corrected chi connectivity index (χ4v) is 0.689. The average molecular weight is 144 g/mol. The van der Waals surface area contributed by atoms with Gasteiger partial charge >= 0.3 is 0 Å². The van der Waals surface area contributed by atoms with Crippen LogP contribution in [0.15, 0.2) is 0 Å². The molecule has 10 heavy (non-hydrogen) atoms. The van der Waals surface area contributed by atoms with Crippen LogP contribution in [-0.2, 0) is 4.79 Å². The van der Waals surface area contributed by atoms with Crippen molar-refractivity contribution >= 4 is 5.91 Å². The smallest absolute Gasteiger partial charge is 0.217 e. The zero-order valence-corrected chi connectivity index (χ0v) is 6.52. The Balaban J connectivity index is 2.84. The van der Waals surface area contributed by atoms with E-state index in [1.807, 2.05) is 0 Å². The molecule has 0 aromatic carbocycles. The van der Waals surface area contributed by atoms with Gasteiger partial charge < -0.3 is 11.1 Å². The summed E-state index contributed by atoms with van der Waals surface area (Å²) in [5, 5.41) is 3.18. The molecule has 0 aliphatic rings. The summed E-state index contributed by atoms with van der Waals surface area (Å²) in [5.74, 6) is -0.210. The van der Waals surface area contributed by atoms with Crippen LogP contribution >= 0.6 is 0 Å². The van der Waals surface area contributed by atoms with E-state index in [0.29, 0.717) is 6.42 Å². The maximum absolute atomic E-state index is 10.2. The summed E-state index contributed by atoms with van der Waals surface area (Å²) in [6, 6.07) is 0. The van der Waals surface area contributed by atoms with Gasteiger partial charge in [-0.05, 0) is 25.9 Å². The molecule has 0 saturated carbocycles. The molecule has 0 heterocycles. The van der Waals surface area contributed by atoms with Gasteiger partial charge in [-0.15, -0.1) is 0 Å². The molecule has 0 rings (SSSR count). The summed E-state index contributed by atoms with van der Waals surface area (Å²) in [6.45, 7) is 4.04. The van der Waals surface area contributed by atoms with Gasteiger partial charge in [0.1, 0.15) is 0 Å². The first-order valence-corrected chi connectivity index (χ1v) is 3.76. The van der Waals surface area contributed by atoms with Crippen molar-refractivity contribution in [2.24, 2.45) is 5.73 Å². The van der Waals surface area contributed by atoms with Crippen LogP contribution in [-0.4, -0.2) is 19.0 Å². The van der Waals surface area contributed by atoms with E-state index in [4.69, 9.17) is 5.73 Å². The van der Waals surface area contributed by atoms with Gasteiger partial charge in [-0.1, -0.05) is 6.92 Å². The summed E-state index contributed by atoms with van der Waals surface area (Å²) < 4.78 is 0. The Morgan fingerprint density at radius 2 is 2.20 bits per heavy atom. The minimum atomic E-state index is -0.210. The van der Waals surface area contributed by atoms with E-state index in [1.54, 1.807) is 0 Å². The van der Waals surface area contributed by atoms with Crippen LogP contribution in [0.4, 0.5) is 0 Å². The van der Waals surface area contributed by atoms with Gasteiger partial charge in [0.25, 0.3) is 0 Å². The molecule has 3 heteroatoms. The Morgan fingerprint density at radius 1 is 1.50 bits per heavy atom. The van der Waals surface area contributed by atoms with Crippen molar-refractivity contribution in [3.63, 3.8) is 0 Å². The van der Waals surface area contributed by atoms with E-state index < -0.39 is 0 Å². The van der Waals surface area contributed by atoms with Crippen molar-refractivity contribution in [1.29, 1.82) is 0 Å². The minimum Gasteiger partial charge on any atom is -0.370 e. The molecule has 0 aromatic heterocycles. The Bertz CT molecular complexity index is 93.6. The third kappa shape index (κ3) is 7.43. The quantitative estimate of drug-likeness (QED) is 0.525. The van der Waals surface area contributed by atoms with Crippen LogP contribution in [0.3, 0.4) is 0 Å². The SMILES string of the molecule is CCCNCCCC(N)=O. The lowest BCUT2D eigenvalue weighted by molar-refractivity contribution is -0.118. The van der Waals surface area contributed by atoms with Crippen molar-refractivity contribution in [1.82, 2.24) is 5.32 Å². The predicted octanol–water partition coefficient (Wildman–Crippen LogP) is 0.251. The van der Waals surface area contributed by atoms with E-state index >= 15 is 0 Å². The lowest BCUT2D eigenvalue weighted by atomic mass is 10.3. The number of hydrogen-bond donors (Lipinski definition) is 2. The monoisotopic (exact) mass is 144 g/mol. The number of carbonyl (C=O) groups excluding carboxylic acids is 1. The molecule has 0 aromatic rings. The molecule has 0 unspecified atom stereocenters. The molecule has 0 spiro atoms. The van der Waals surface area contributed by atoms with Gasteiger partial charge in [-0.3, -0.25) is 4.79 Å². The van der Waals surface area contributed by atoms with E-state index in [9.17, 15) is 4.79 Å². The molecule has 0 aliphatic heterocycles. The highest BCUT2D eigenvalue weighted by Crippen LogP contribution is 1.83. The minimum absolute atomic E-state index is 0.210. The Kier molecular flexibility index (Phi) is 6.18. The zero-order chi connectivity index (χ0) is 7.82. The molecule has 1 amide bonds. The summed E-state index contributed by atoms with van der Waals surface area (Å²) in [7, 11) is 0. The molecule has 0 saturated heterocycles. The van der Waals surface area contributed by atoms with Crippen LogP contribution in [0.2, 0.25) is 0 Å². The molecule has 0 aliphatic carbocycles. The summed E-state index contributed by atoms with van der Waals surface area (Å²) in [4.78, 5) is 10.2. The fraction of sp³-hybridized carbons (Fsp3) is 0.857. The highest BCUT2D eigenvalue weighted by molar-refractivity contribution is 5.73. The first kappa shape index (κ1) is 9.43. The molecule has 0 atom stereocenters. The highest BCUT2D eigenvalue weighted by atomic mass is 16.1. The Labute approximate surface area is 62.0 Å². The standard InChI is InChI=1S/C7H16N2O/c1-2-5-9-6-3-4-7(8)10/h9H,2-6H2,1H3,(H2,8,10). The molecule has 3 N–H and O–H groups in total. The largest absolute Gasteiger partial charge is 0.370 e. The van der Waals surface area contributed by atoms with E-state index in [-0.39, 0.29) is 5.91 Å². The highest BCUT2D eigenvalue weighted by Gasteiger charge is 1.91. The molecule has 60 valence electrons. The van der Waals surface area contributed by atoms with Gasteiger partial charge in [0.05, 0.1) is 0 Å². The lowest BCUT2D eigenvalue weighted by Crippen LogP contribution is -2.18. The number of rotatable bonds is 6. The first-order valence-electron chi connectivity index (χ1n) is 3.76. The second kappa shape index (κ2) is 6.55. The van der Waals surface area contributed by atoms with Gasteiger partial charge in [0, 0.05) is 6.42 Å². The fourth-order valence-electron chi connectivity index (χ4n) is 0.689. The summed E-state index contributed by atoms with van der Waals surface area (Å²) in [5.41, 5.74) is 4.94. The summed E-state index contributed by atoms with van der Waals surface area (Å²) in [6.07, 6.45) is 2.49. The van der Waals surface area contributed by atoms with Gasteiger partial charge in [-0.2, -0.15) is 0 Å². The summed E-state index contributed by atoms with van der Waals surface area (Å²) >= 11 is 0. The van der Waals surface area contributed by atoms with Crippen molar-refractivity contribution in [3.8, 4) is 0 Å². The van der Waals surface area contributed by atoms with Crippen LogP contribution in [0.25, 0.3) is 0 Å². The normalized spacial score (nSPS) is 9.70. The van der Waals surface area contributed by atoms with Crippen molar-refractivity contribution < 1.29 is 4.79 Å². The molecule has 0 bridgehead atoms. The topological polar surface area (TPSA) is 55.1 Å². The van der Waals surface area contributed by atoms with E-state index in [1.165, 1.54) is 0 Å². The van der Waals surface area contributed by atoms with Gasteiger partial charge in [0.2, 0.25) is 5.91 Å². The van der Waals surface area contributed by atoms with Gasteiger partial charge in [0.15, 0.2) is 0 Å². The predicted molar refractivity (Wildman–Crippen MR) is 41.6 cm³/mol. The lowest BCUT2D eigenvalue weighted by Gasteiger charge is -1.99. The maximum atomic E-state index is 10.2. The number of hydrogen-bond acceptors (Lipinski definition) is 2. The molecule has 0 radical (unpaired) electrons. The van der Waals surface area contributed by atoms with Gasteiger partial charge in [-0.25, -0.2) is 0 Å². The maximum Gasteiger partial charge on any atom is 0.217 e. The number of primary amides is 1. The van der Waals surface area contributed by atoms with Crippen molar-refractivity contribution in [2.75, 3.05) is 13.1 Å². The number of nitrogens with one attached hydrogen (secondary N) is 1. The third-order valence-electron chi connectivity index (χ3n) is 1.20. The van der Waals surface area contributed by atoms with E-state index in [2.05, 4.69) is 12.2 Å². The second-order valence-corrected chi connectivity index (χ2v) is 2.32. The van der Waals surface area contributed by atoms with Crippen LogP contribution in [0.1, 0.15) is 26.2 Å².